The lowest BCUT2D eigenvalue weighted by atomic mass is 9.70. The van der Waals surface area contributed by atoms with Crippen molar-refractivity contribution in [1.82, 2.24) is 4.90 Å². The molecule has 5 rings (SSSR count). The van der Waals surface area contributed by atoms with Gasteiger partial charge in [-0.25, -0.2) is 0 Å². The molecule has 0 atom stereocenters. The molecule has 3 aliphatic rings. The van der Waals surface area contributed by atoms with Gasteiger partial charge in [0.2, 0.25) is 0 Å². The lowest BCUT2D eigenvalue weighted by Gasteiger charge is -2.44. The molecular weight excluding hydrogens is 546 g/mol. The van der Waals surface area contributed by atoms with Crippen LogP contribution >= 0.6 is 27.5 Å². The first-order valence-corrected chi connectivity index (χ1v) is 13.2. The standard InChI is InChI=1S/C28H25BrClNO5/c29-17-9-12-24(36-15-16-7-10-18(30)11-8-16)19(13-17)26-27-20(3-1-5-22(27)32)31(14-25(34)35)21-4-2-6-23(33)28(21)26/h7-13,26H,1-6,14-15H2,(H,34,35)/p-1. The molecule has 2 aromatic rings. The minimum atomic E-state index is -1.24. The highest BCUT2D eigenvalue weighted by Gasteiger charge is 2.44. The van der Waals surface area contributed by atoms with Gasteiger partial charge in [-0.15, -0.1) is 0 Å². The number of hydrogen-bond acceptors (Lipinski definition) is 6. The van der Waals surface area contributed by atoms with Crippen LogP contribution in [0.3, 0.4) is 0 Å². The van der Waals surface area contributed by atoms with E-state index < -0.39 is 11.9 Å². The molecule has 0 aromatic heterocycles. The first kappa shape index (κ1) is 24.8. The van der Waals surface area contributed by atoms with Gasteiger partial charge in [0.15, 0.2) is 11.6 Å². The maximum atomic E-state index is 13.4. The normalized spacial score (nSPS) is 18.3. The number of hydrogen-bond donors (Lipinski definition) is 0. The number of carboxylic acids is 1. The molecular formula is C28H24BrClNO5-. The molecule has 6 nitrogen and oxygen atoms in total. The van der Waals surface area contributed by atoms with Crippen LogP contribution in [0, 0.1) is 0 Å². The lowest BCUT2D eigenvalue weighted by Crippen LogP contribution is -2.44. The highest BCUT2D eigenvalue weighted by atomic mass is 79.9. The van der Waals surface area contributed by atoms with Gasteiger partial charge in [-0.1, -0.05) is 39.7 Å². The van der Waals surface area contributed by atoms with Crippen LogP contribution in [0.2, 0.25) is 5.02 Å². The number of nitrogens with zero attached hydrogens (tertiary/aromatic N) is 1. The van der Waals surface area contributed by atoms with Crippen molar-refractivity contribution in [3.63, 3.8) is 0 Å². The fraction of sp³-hybridized carbons (Fsp3) is 0.321. The number of rotatable bonds is 6. The highest BCUT2D eigenvalue weighted by Crippen LogP contribution is 2.51. The highest BCUT2D eigenvalue weighted by molar-refractivity contribution is 9.10. The number of benzene rings is 2. The predicted octanol–water partition coefficient (Wildman–Crippen LogP) is 4.84. The molecule has 2 aliphatic carbocycles. The summed E-state index contributed by atoms with van der Waals surface area (Å²) < 4.78 is 7.04. The molecule has 0 bridgehead atoms. The Bertz CT molecular complexity index is 1270. The summed E-state index contributed by atoms with van der Waals surface area (Å²) in [6, 6.07) is 13.0. The summed E-state index contributed by atoms with van der Waals surface area (Å²) in [6.07, 6.45) is 3.15. The van der Waals surface area contributed by atoms with Gasteiger partial charge in [0.25, 0.3) is 0 Å². The van der Waals surface area contributed by atoms with Crippen molar-refractivity contribution in [3.8, 4) is 5.75 Å². The molecule has 0 spiro atoms. The lowest BCUT2D eigenvalue weighted by molar-refractivity contribution is -0.305. The van der Waals surface area contributed by atoms with Gasteiger partial charge in [-0.05, 0) is 61.6 Å². The smallest absolute Gasteiger partial charge is 0.161 e. The summed E-state index contributed by atoms with van der Waals surface area (Å²) in [5, 5.41) is 12.3. The van der Waals surface area contributed by atoms with Crippen molar-refractivity contribution in [2.45, 2.75) is 51.0 Å². The number of ketones is 2. The fourth-order valence-electron chi connectivity index (χ4n) is 5.47. The Hall–Kier alpha value is -2.90. The van der Waals surface area contributed by atoms with Crippen molar-refractivity contribution >= 4 is 45.1 Å². The molecule has 0 fully saturated rings. The minimum absolute atomic E-state index is 0.0573. The molecule has 0 saturated heterocycles. The van der Waals surface area contributed by atoms with Gasteiger partial charge >= 0.3 is 0 Å². The second-order valence-corrected chi connectivity index (χ2v) is 10.6. The number of carboxylic acid groups (broad SMARTS) is 1. The number of Topliss-reactive ketones (excluding diaryl/α,β-unsaturated/α-hetero) is 2. The average Bonchev–Trinajstić information content (AvgIpc) is 2.85. The van der Waals surface area contributed by atoms with Gasteiger partial charge in [0, 0.05) is 56.4 Å². The van der Waals surface area contributed by atoms with Crippen LogP contribution in [0.15, 0.2) is 69.5 Å². The summed E-state index contributed by atoms with van der Waals surface area (Å²) >= 11 is 9.56. The number of ether oxygens (including phenoxy) is 1. The third kappa shape index (κ3) is 4.74. The Morgan fingerprint density at radius 2 is 1.58 bits per heavy atom. The van der Waals surface area contributed by atoms with Gasteiger partial charge in [0.1, 0.15) is 12.4 Å². The van der Waals surface area contributed by atoms with Gasteiger partial charge in [-0.2, -0.15) is 0 Å². The summed E-state index contributed by atoms with van der Waals surface area (Å²) in [4.78, 5) is 40.1. The average molecular weight is 570 g/mol. The number of carbonyl (C=O) groups excluding carboxylic acids is 3. The number of aliphatic carboxylic acids is 1. The third-order valence-electron chi connectivity index (χ3n) is 6.96. The number of allylic oxidation sites excluding steroid dienone is 4. The van der Waals surface area contributed by atoms with Crippen molar-refractivity contribution in [2.75, 3.05) is 6.54 Å². The van der Waals surface area contributed by atoms with Crippen LogP contribution in [-0.4, -0.2) is 29.0 Å². The minimum Gasteiger partial charge on any atom is -0.548 e. The largest absolute Gasteiger partial charge is 0.548 e. The van der Waals surface area contributed by atoms with Crippen LogP contribution in [0.5, 0.6) is 5.75 Å². The zero-order chi connectivity index (χ0) is 25.4. The fourth-order valence-corrected chi connectivity index (χ4v) is 5.97. The van der Waals surface area contributed by atoms with Crippen LogP contribution in [-0.2, 0) is 21.0 Å². The molecule has 2 aromatic carbocycles. The van der Waals surface area contributed by atoms with Crippen LogP contribution in [0.1, 0.15) is 55.6 Å². The maximum absolute atomic E-state index is 13.4. The second kappa shape index (κ2) is 10.2. The van der Waals surface area contributed by atoms with Crippen molar-refractivity contribution in [2.24, 2.45) is 0 Å². The van der Waals surface area contributed by atoms with E-state index in [1.807, 2.05) is 30.3 Å². The van der Waals surface area contributed by atoms with Crippen molar-refractivity contribution < 1.29 is 24.2 Å². The van der Waals surface area contributed by atoms with Crippen LogP contribution < -0.4 is 9.84 Å². The summed E-state index contributed by atoms with van der Waals surface area (Å²) in [7, 11) is 0. The van der Waals surface area contributed by atoms with Crippen LogP contribution in [0.4, 0.5) is 0 Å². The molecule has 186 valence electrons. The Labute approximate surface area is 222 Å². The van der Waals surface area contributed by atoms with E-state index in [1.165, 1.54) is 0 Å². The molecule has 0 N–H and O–H groups in total. The molecule has 0 unspecified atom stereocenters. The summed E-state index contributed by atoms with van der Waals surface area (Å²) in [5.74, 6) is -1.39. The molecule has 1 heterocycles. The van der Waals surface area contributed by atoms with E-state index in [2.05, 4.69) is 15.9 Å². The van der Waals surface area contributed by atoms with E-state index in [1.54, 1.807) is 17.0 Å². The molecule has 0 radical (unpaired) electrons. The Morgan fingerprint density at radius 1 is 0.972 bits per heavy atom. The molecule has 0 saturated carbocycles. The van der Waals surface area contributed by atoms with E-state index in [9.17, 15) is 19.5 Å². The van der Waals surface area contributed by atoms with Gasteiger partial charge in [-0.3, -0.25) is 9.59 Å². The zero-order valence-electron chi connectivity index (χ0n) is 19.5. The van der Waals surface area contributed by atoms with E-state index in [4.69, 9.17) is 16.3 Å². The summed E-state index contributed by atoms with van der Waals surface area (Å²) in [6.45, 7) is -0.0849. The Morgan fingerprint density at radius 3 is 2.17 bits per heavy atom. The van der Waals surface area contributed by atoms with Crippen LogP contribution in [0.25, 0.3) is 0 Å². The van der Waals surface area contributed by atoms with E-state index in [0.717, 1.165) is 15.6 Å². The topological polar surface area (TPSA) is 86.7 Å². The number of halogens is 2. The van der Waals surface area contributed by atoms with E-state index in [-0.39, 0.29) is 24.7 Å². The quantitative estimate of drug-likeness (QED) is 0.495. The molecule has 0 amide bonds. The SMILES string of the molecule is O=C([O-])CN1C2=C(C(=O)CCC2)C(c2cc(Br)ccc2OCc2ccc(Cl)cc2)C2=C1CCCC2=O. The first-order chi connectivity index (χ1) is 17.3. The Balaban J connectivity index is 1.65. The Kier molecular flexibility index (Phi) is 7.04. The monoisotopic (exact) mass is 568 g/mol. The van der Waals surface area contributed by atoms with Gasteiger partial charge < -0.3 is 19.5 Å². The van der Waals surface area contributed by atoms with Crippen molar-refractivity contribution in [3.05, 3.63) is 85.6 Å². The number of carbonyl (C=O) groups is 3. The maximum Gasteiger partial charge on any atom is 0.161 e. The second-order valence-electron chi connectivity index (χ2n) is 9.26. The van der Waals surface area contributed by atoms with Crippen molar-refractivity contribution in [1.29, 1.82) is 0 Å². The van der Waals surface area contributed by atoms with E-state index in [0.29, 0.717) is 71.8 Å². The molecule has 36 heavy (non-hydrogen) atoms. The zero-order valence-corrected chi connectivity index (χ0v) is 21.9. The third-order valence-corrected chi connectivity index (χ3v) is 7.71. The summed E-state index contributed by atoms with van der Waals surface area (Å²) in [5.41, 5.74) is 4.04. The molecule has 1 aliphatic heterocycles. The van der Waals surface area contributed by atoms with Gasteiger partial charge in [0.05, 0.1) is 12.5 Å². The van der Waals surface area contributed by atoms with E-state index >= 15 is 0 Å². The first-order valence-electron chi connectivity index (χ1n) is 12.0. The predicted molar refractivity (Wildman–Crippen MR) is 136 cm³/mol. The molecule has 8 heteroatoms.